The third-order valence-corrected chi connectivity index (χ3v) is 4.62. The molecule has 0 radical (unpaired) electrons. The van der Waals surface area contributed by atoms with Gasteiger partial charge in [-0.2, -0.15) is 0 Å². The molecule has 0 heterocycles. The maximum atomic E-state index is 12.5. The molecule has 1 amide bonds. The first-order valence-corrected chi connectivity index (χ1v) is 8.38. The number of halogens is 2. The van der Waals surface area contributed by atoms with Crippen LogP contribution in [0.15, 0.2) is 30.3 Å². The summed E-state index contributed by atoms with van der Waals surface area (Å²) in [5.74, 6) is -0.165. The van der Waals surface area contributed by atoms with E-state index in [1.54, 1.807) is 0 Å². The highest BCUT2D eigenvalue weighted by atomic mass is 19.3. The normalized spacial score (nSPS) is 16.4. The largest absolute Gasteiger partial charge is 0.354 e. The summed E-state index contributed by atoms with van der Waals surface area (Å²) in [6.45, 7) is 2.73. The van der Waals surface area contributed by atoms with Crippen LogP contribution < -0.4 is 5.32 Å². The van der Waals surface area contributed by atoms with Crippen molar-refractivity contribution in [3.8, 4) is 0 Å². The first-order chi connectivity index (χ1) is 11.1. The van der Waals surface area contributed by atoms with E-state index >= 15 is 0 Å². The molecular weight excluding hydrogens is 298 g/mol. The number of carbonyl (C=O) groups excluding carboxylic acids is 1. The minimum Gasteiger partial charge on any atom is -0.354 e. The van der Waals surface area contributed by atoms with Crippen molar-refractivity contribution in [2.45, 2.75) is 44.4 Å². The van der Waals surface area contributed by atoms with Crippen LogP contribution in [0.5, 0.6) is 0 Å². The van der Waals surface area contributed by atoms with Gasteiger partial charge in [-0.3, -0.25) is 9.69 Å². The quantitative estimate of drug-likeness (QED) is 0.756. The second-order valence-electron chi connectivity index (χ2n) is 6.40. The Hall–Kier alpha value is -1.49. The van der Waals surface area contributed by atoms with Gasteiger partial charge in [0.25, 0.3) is 6.43 Å². The summed E-state index contributed by atoms with van der Waals surface area (Å²) in [5, 5.41) is 2.96. The second kappa shape index (κ2) is 8.39. The van der Waals surface area contributed by atoms with E-state index in [0.717, 1.165) is 25.7 Å². The number of nitrogens with one attached hydrogen (secondary N) is 1. The van der Waals surface area contributed by atoms with E-state index < -0.39 is 6.43 Å². The molecule has 0 bridgehead atoms. The van der Waals surface area contributed by atoms with Gasteiger partial charge in [0.2, 0.25) is 5.91 Å². The molecule has 5 heteroatoms. The fraction of sp³-hybridized carbons (Fsp3) is 0.611. The van der Waals surface area contributed by atoms with Crippen LogP contribution in [0, 0.1) is 0 Å². The molecule has 1 saturated carbocycles. The summed E-state index contributed by atoms with van der Waals surface area (Å²) >= 11 is 0. The van der Waals surface area contributed by atoms with Crippen molar-refractivity contribution in [3.05, 3.63) is 35.9 Å². The Morgan fingerprint density at radius 2 is 2.00 bits per heavy atom. The van der Waals surface area contributed by atoms with E-state index in [2.05, 4.69) is 17.4 Å². The lowest BCUT2D eigenvalue weighted by molar-refractivity contribution is -0.123. The molecule has 1 aromatic rings. The highest BCUT2D eigenvalue weighted by Crippen LogP contribution is 2.43. The van der Waals surface area contributed by atoms with Crippen LogP contribution in [0.2, 0.25) is 0 Å². The Morgan fingerprint density at radius 3 is 2.52 bits per heavy atom. The van der Waals surface area contributed by atoms with Gasteiger partial charge in [-0.15, -0.1) is 0 Å². The van der Waals surface area contributed by atoms with Gasteiger partial charge in [0.05, 0.1) is 13.1 Å². The molecule has 0 atom stereocenters. The van der Waals surface area contributed by atoms with E-state index in [-0.39, 0.29) is 24.4 Å². The molecule has 23 heavy (non-hydrogen) atoms. The predicted molar refractivity (Wildman–Crippen MR) is 87.7 cm³/mol. The van der Waals surface area contributed by atoms with Crippen molar-refractivity contribution in [2.24, 2.45) is 0 Å². The Morgan fingerprint density at radius 1 is 1.30 bits per heavy atom. The zero-order valence-corrected chi connectivity index (χ0v) is 13.7. The molecule has 3 nitrogen and oxygen atoms in total. The van der Waals surface area contributed by atoms with Gasteiger partial charge < -0.3 is 5.32 Å². The van der Waals surface area contributed by atoms with Crippen molar-refractivity contribution in [1.29, 1.82) is 0 Å². The van der Waals surface area contributed by atoms with Gasteiger partial charge in [-0.05, 0) is 31.4 Å². The first kappa shape index (κ1) is 17.9. The van der Waals surface area contributed by atoms with Gasteiger partial charge in [-0.1, -0.05) is 43.7 Å². The molecule has 0 saturated heterocycles. The van der Waals surface area contributed by atoms with Crippen molar-refractivity contribution in [3.63, 3.8) is 0 Å². The van der Waals surface area contributed by atoms with Crippen molar-refractivity contribution >= 4 is 5.91 Å². The van der Waals surface area contributed by atoms with Crippen LogP contribution in [-0.2, 0) is 10.2 Å². The van der Waals surface area contributed by atoms with E-state index in [0.29, 0.717) is 13.1 Å². The number of hydrogen-bond acceptors (Lipinski definition) is 2. The second-order valence-corrected chi connectivity index (χ2v) is 6.40. The van der Waals surface area contributed by atoms with Crippen molar-refractivity contribution in [2.75, 3.05) is 26.2 Å². The zero-order chi connectivity index (χ0) is 16.7. The van der Waals surface area contributed by atoms with Crippen LogP contribution in [0.25, 0.3) is 0 Å². The Labute approximate surface area is 137 Å². The van der Waals surface area contributed by atoms with Crippen LogP contribution >= 0.6 is 0 Å². The number of nitrogens with zero attached hydrogens (tertiary/aromatic N) is 1. The number of amides is 1. The molecule has 1 aliphatic carbocycles. The summed E-state index contributed by atoms with van der Waals surface area (Å²) in [6.07, 6.45) is 1.64. The smallest absolute Gasteiger partial charge is 0.251 e. The van der Waals surface area contributed by atoms with E-state index in [1.807, 2.05) is 25.1 Å². The molecule has 0 spiro atoms. The average Bonchev–Trinajstić information content (AvgIpc) is 2.47. The lowest BCUT2D eigenvalue weighted by atomic mass is 9.64. The third-order valence-electron chi connectivity index (χ3n) is 4.62. The van der Waals surface area contributed by atoms with Crippen LogP contribution in [-0.4, -0.2) is 43.4 Å². The fourth-order valence-electron chi connectivity index (χ4n) is 3.24. The van der Waals surface area contributed by atoms with Crippen LogP contribution in [0.4, 0.5) is 8.78 Å². The van der Waals surface area contributed by atoms with Gasteiger partial charge in [0, 0.05) is 12.0 Å². The van der Waals surface area contributed by atoms with E-state index in [1.165, 1.54) is 10.5 Å². The molecule has 0 aliphatic heterocycles. The zero-order valence-electron chi connectivity index (χ0n) is 13.7. The molecule has 1 N–H and O–H groups in total. The summed E-state index contributed by atoms with van der Waals surface area (Å²) in [6, 6.07) is 10.2. The van der Waals surface area contributed by atoms with E-state index in [9.17, 15) is 13.6 Å². The summed E-state index contributed by atoms with van der Waals surface area (Å²) in [7, 11) is 0. The number of alkyl halides is 2. The van der Waals surface area contributed by atoms with E-state index in [4.69, 9.17) is 0 Å². The molecule has 128 valence electrons. The maximum Gasteiger partial charge on any atom is 0.251 e. The number of carbonyl (C=O) groups is 1. The molecule has 0 unspecified atom stereocenters. The first-order valence-electron chi connectivity index (χ1n) is 8.38. The average molecular weight is 324 g/mol. The number of rotatable bonds is 9. The molecule has 1 aromatic carbocycles. The molecule has 1 aliphatic rings. The Bertz CT molecular complexity index is 489. The SMILES string of the molecule is CCCN(CC(=O)NCC1(c2ccccc2)CCC1)CC(F)F. The highest BCUT2D eigenvalue weighted by Gasteiger charge is 2.38. The lowest BCUT2D eigenvalue weighted by Gasteiger charge is -2.42. The monoisotopic (exact) mass is 324 g/mol. The predicted octanol–water partition coefficient (Wildman–Crippen LogP) is 3.20. The van der Waals surface area contributed by atoms with Crippen LogP contribution in [0.1, 0.15) is 38.2 Å². The van der Waals surface area contributed by atoms with Gasteiger partial charge >= 0.3 is 0 Å². The molecular formula is C18H26F2N2O. The minimum absolute atomic E-state index is 0.0230. The molecule has 1 fully saturated rings. The third kappa shape index (κ3) is 4.99. The van der Waals surface area contributed by atoms with Gasteiger partial charge in [0.15, 0.2) is 0 Å². The van der Waals surface area contributed by atoms with Crippen molar-refractivity contribution < 1.29 is 13.6 Å². The van der Waals surface area contributed by atoms with Crippen molar-refractivity contribution in [1.82, 2.24) is 10.2 Å². The fourth-order valence-corrected chi connectivity index (χ4v) is 3.24. The number of benzene rings is 1. The number of hydrogen-bond donors (Lipinski definition) is 1. The van der Waals surface area contributed by atoms with Gasteiger partial charge in [0.1, 0.15) is 0 Å². The highest BCUT2D eigenvalue weighted by molar-refractivity contribution is 5.78. The molecule has 0 aromatic heterocycles. The topological polar surface area (TPSA) is 32.3 Å². The van der Waals surface area contributed by atoms with Crippen LogP contribution in [0.3, 0.4) is 0 Å². The maximum absolute atomic E-state index is 12.5. The summed E-state index contributed by atoms with van der Waals surface area (Å²) in [5.41, 5.74) is 1.28. The minimum atomic E-state index is -2.41. The standard InChI is InChI=1S/C18H26F2N2O/c1-2-11-22(12-16(19)20)13-17(23)21-14-18(9-6-10-18)15-7-4-3-5-8-15/h3-5,7-8,16H,2,6,9-14H2,1H3,(H,21,23). The molecule has 2 rings (SSSR count). The summed E-state index contributed by atoms with van der Waals surface area (Å²) < 4.78 is 25.1. The summed E-state index contributed by atoms with van der Waals surface area (Å²) in [4.78, 5) is 13.7. The lowest BCUT2D eigenvalue weighted by Crippen LogP contribution is -2.48. The Kier molecular flexibility index (Phi) is 6.51. The van der Waals surface area contributed by atoms with Gasteiger partial charge in [-0.25, -0.2) is 8.78 Å². The Balaban J connectivity index is 1.87.